The molecule has 0 radical (unpaired) electrons. The Kier molecular flexibility index (Phi) is 3.90. The Balaban J connectivity index is 2.25. The summed E-state index contributed by atoms with van der Waals surface area (Å²) in [5.74, 6) is 0. The van der Waals surface area contributed by atoms with Gasteiger partial charge in [-0.15, -0.1) is 0 Å². The minimum absolute atomic E-state index is 0.208. The molecule has 0 aliphatic heterocycles. The first kappa shape index (κ1) is 11.8. The molecule has 0 fully saturated rings. The molecule has 0 bridgehead atoms. The predicted molar refractivity (Wildman–Crippen MR) is 68.7 cm³/mol. The molecule has 1 heterocycles. The van der Waals surface area contributed by atoms with Crippen molar-refractivity contribution in [1.82, 2.24) is 0 Å². The normalized spacial score (nSPS) is 12.1. The molecule has 1 unspecified atom stereocenters. The summed E-state index contributed by atoms with van der Waals surface area (Å²) in [6.45, 7) is 0.633. The zero-order chi connectivity index (χ0) is 12.1. The molecule has 0 aliphatic carbocycles. The van der Waals surface area contributed by atoms with Gasteiger partial charge in [-0.25, -0.2) is 0 Å². The number of rotatable bonds is 5. The largest absolute Gasteiger partial charge is 0.466 e. The Bertz CT molecular complexity index is 481. The third-order valence-electron chi connectivity index (χ3n) is 2.52. The van der Waals surface area contributed by atoms with Crippen LogP contribution in [0.2, 0.25) is 0 Å². The Morgan fingerprint density at radius 2 is 2.06 bits per heavy atom. The molecule has 1 aromatic carbocycles. The van der Waals surface area contributed by atoms with Crippen molar-refractivity contribution >= 4 is 17.8 Å². The van der Waals surface area contributed by atoms with Crippen LogP contribution in [0.15, 0.2) is 41.1 Å². The van der Waals surface area contributed by atoms with Crippen LogP contribution in [0.3, 0.4) is 0 Å². The van der Waals surface area contributed by atoms with Gasteiger partial charge in [0, 0.05) is 0 Å². The van der Waals surface area contributed by atoms with Gasteiger partial charge in [0.05, 0.1) is 6.04 Å². The quantitative estimate of drug-likeness (QED) is 0.826. The summed E-state index contributed by atoms with van der Waals surface area (Å²) in [6, 6.07) is 9.76. The molecular formula is C13H13NO2S. The Morgan fingerprint density at radius 1 is 1.29 bits per heavy atom. The lowest BCUT2D eigenvalue weighted by Crippen LogP contribution is -2.16. The minimum Gasteiger partial charge on any atom is -0.466 e. The molecule has 17 heavy (non-hydrogen) atoms. The summed E-state index contributed by atoms with van der Waals surface area (Å²) in [5, 5.41) is 4.06. The van der Waals surface area contributed by atoms with Crippen molar-refractivity contribution in [3.63, 3.8) is 0 Å². The van der Waals surface area contributed by atoms with Crippen LogP contribution in [0.25, 0.3) is 11.1 Å². The zero-order valence-corrected chi connectivity index (χ0v) is 10.0. The van der Waals surface area contributed by atoms with Crippen LogP contribution < -0.4 is 5.73 Å². The highest BCUT2D eigenvalue weighted by molar-refractivity contribution is 7.08. The second kappa shape index (κ2) is 5.61. The van der Waals surface area contributed by atoms with Crippen molar-refractivity contribution in [3.8, 4) is 11.1 Å². The Morgan fingerprint density at radius 3 is 2.76 bits per heavy atom. The average Bonchev–Trinajstić information content (AvgIpc) is 2.86. The summed E-state index contributed by atoms with van der Waals surface area (Å²) in [4.78, 5) is 10.2. The first-order chi connectivity index (χ1) is 8.33. The van der Waals surface area contributed by atoms with Crippen molar-refractivity contribution in [2.75, 3.05) is 6.61 Å². The summed E-state index contributed by atoms with van der Waals surface area (Å²) < 4.78 is 4.71. The van der Waals surface area contributed by atoms with Crippen LogP contribution >= 0.6 is 11.3 Å². The maximum absolute atomic E-state index is 10.2. The molecule has 2 rings (SSSR count). The lowest BCUT2D eigenvalue weighted by Gasteiger charge is -2.11. The number of thiophene rings is 1. The van der Waals surface area contributed by atoms with Crippen molar-refractivity contribution in [3.05, 3.63) is 46.7 Å². The second-order valence-electron chi connectivity index (χ2n) is 3.64. The molecule has 0 spiro atoms. The van der Waals surface area contributed by atoms with Gasteiger partial charge in [0.15, 0.2) is 0 Å². The molecule has 1 aromatic heterocycles. The summed E-state index contributed by atoms with van der Waals surface area (Å²) in [5.41, 5.74) is 9.24. The number of ether oxygens (including phenoxy) is 1. The van der Waals surface area contributed by atoms with E-state index in [1.165, 1.54) is 0 Å². The SMILES string of the molecule is NC(COC=O)c1cscc1-c1ccccc1. The first-order valence-corrected chi connectivity index (χ1v) is 6.19. The third-order valence-corrected chi connectivity index (χ3v) is 3.28. The molecule has 0 saturated carbocycles. The van der Waals surface area contributed by atoms with Gasteiger partial charge in [0.1, 0.15) is 6.61 Å². The van der Waals surface area contributed by atoms with E-state index >= 15 is 0 Å². The van der Waals surface area contributed by atoms with Crippen LogP contribution in [-0.4, -0.2) is 13.1 Å². The van der Waals surface area contributed by atoms with Gasteiger partial charge in [0.25, 0.3) is 6.47 Å². The number of hydrogen-bond acceptors (Lipinski definition) is 4. The van der Waals surface area contributed by atoms with Gasteiger partial charge in [0.2, 0.25) is 0 Å². The number of nitrogens with two attached hydrogens (primary N) is 1. The summed E-state index contributed by atoms with van der Waals surface area (Å²) >= 11 is 1.60. The number of carbonyl (C=O) groups excluding carboxylic acids is 1. The highest BCUT2D eigenvalue weighted by Gasteiger charge is 2.13. The van der Waals surface area contributed by atoms with Crippen LogP contribution in [0.4, 0.5) is 0 Å². The van der Waals surface area contributed by atoms with Crippen molar-refractivity contribution in [1.29, 1.82) is 0 Å². The minimum atomic E-state index is -0.276. The lowest BCUT2D eigenvalue weighted by atomic mass is 10.0. The summed E-state index contributed by atoms with van der Waals surface area (Å²) in [6.07, 6.45) is 0. The molecule has 88 valence electrons. The fraction of sp³-hybridized carbons (Fsp3) is 0.154. The van der Waals surface area contributed by atoms with E-state index in [-0.39, 0.29) is 12.6 Å². The molecule has 0 saturated heterocycles. The van der Waals surface area contributed by atoms with E-state index < -0.39 is 0 Å². The van der Waals surface area contributed by atoms with E-state index in [1.807, 2.05) is 35.7 Å². The highest BCUT2D eigenvalue weighted by atomic mass is 32.1. The van der Waals surface area contributed by atoms with E-state index in [0.29, 0.717) is 6.47 Å². The van der Waals surface area contributed by atoms with Crippen LogP contribution in [0, 0.1) is 0 Å². The molecule has 0 aliphatic rings. The second-order valence-corrected chi connectivity index (χ2v) is 4.39. The maximum atomic E-state index is 10.2. The van der Waals surface area contributed by atoms with Crippen LogP contribution in [0.5, 0.6) is 0 Å². The molecule has 2 aromatic rings. The first-order valence-electron chi connectivity index (χ1n) is 5.25. The molecule has 2 N–H and O–H groups in total. The average molecular weight is 247 g/mol. The van der Waals surface area contributed by atoms with Crippen molar-refractivity contribution in [2.24, 2.45) is 5.73 Å². The van der Waals surface area contributed by atoms with E-state index in [0.717, 1.165) is 16.7 Å². The van der Waals surface area contributed by atoms with E-state index in [4.69, 9.17) is 10.5 Å². The number of hydrogen-bond donors (Lipinski definition) is 1. The standard InChI is InChI=1S/C13H13NO2S/c14-13(6-16-9-15)12-8-17-7-11(12)10-4-2-1-3-5-10/h1-5,7-9,13H,6,14H2. The lowest BCUT2D eigenvalue weighted by molar-refractivity contribution is -0.129. The maximum Gasteiger partial charge on any atom is 0.293 e. The number of benzene rings is 1. The monoisotopic (exact) mass is 247 g/mol. The van der Waals surface area contributed by atoms with E-state index in [1.54, 1.807) is 11.3 Å². The highest BCUT2D eigenvalue weighted by Crippen LogP contribution is 2.30. The molecular weight excluding hydrogens is 234 g/mol. The van der Waals surface area contributed by atoms with Crippen molar-refractivity contribution in [2.45, 2.75) is 6.04 Å². The fourth-order valence-electron chi connectivity index (χ4n) is 1.68. The molecule has 0 amide bonds. The topological polar surface area (TPSA) is 52.3 Å². The summed E-state index contributed by atoms with van der Waals surface area (Å²) in [7, 11) is 0. The Labute approximate surface area is 104 Å². The predicted octanol–water partition coefficient (Wildman–Crippen LogP) is 2.59. The smallest absolute Gasteiger partial charge is 0.293 e. The van der Waals surface area contributed by atoms with Crippen LogP contribution in [-0.2, 0) is 9.53 Å². The number of carbonyl (C=O) groups is 1. The fourth-order valence-corrected chi connectivity index (χ4v) is 2.60. The Hall–Kier alpha value is -1.65. The van der Waals surface area contributed by atoms with Gasteiger partial charge in [-0.2, -0.15) is 11.3 Å². The van der Waals surface area contributed by atoms with E-state index in [9.17, 15) is 4.79 Å². The van der Waals surface area contributed by atoms with Gasteiger partial charge in [-0.1, -0.05) is 30.3 Å². The van der Waals surface area contributed by atoms with Crippen molar-refractivity contribution < 1.29 is 9.53 Å². The van der Waals surface area contributed by atoms with Crippen LogP contribution in [0.1, 0.15) is 11.6 Å². The van der Waals surface area contributed by atoms with Gasteiger partial charge in [-0.05, 0) is 27.5 Å². The van der Waals surface area contributed by atoms with Gasteiger partial charge >= 0.3 is 0 Å². The van der Waals surface area contributed by atoms with E-state index in [2.05, 4.69) is 5.38 Å². The molecule has 4 heteroatoms. The van der Waals surface area contributed by atoms with Gasteiger partial charge in [-0.3, -0.25) is 4.79 Å². The zero-order valence-electron chi connectivity index (χ0n) is 9.21. The molecule has 1 atom stereocenters. The molecule has 3 nitrogen and oxygen atoms in total. The van der Waals surface area contributed by atoms with Gasteiger partial charge < -0.3 is 10.5 Å². The third kappa shape index (κ3) is 2.72.